The molecule has 3 heteroatoms. The van der Waals surface area contributed by atoms with Crippen molar-refractivity contribution in [1.29, 1.82) is 0 Å². The van der Waals surface area contributed by atoms with E-state index in [-0.39, 0.29) is 5.82 Å². The van der Waals surface area contributed by atoms with Gasteiger partial charge >= 0.3 is 0 Å². The van der Waals surface area contributed by atoms with Crippen molar-refractivity contribution in [2.24, 2.45) is 10.7 Å². The van der Waals surface area contributed by atoms with Crippen molar-refractivity contribution in [2.75, 3.05) is 0 Å². The second-order valence-corrected chi connectivity index (χ2v) is 4.35. The van der Waals surface area contributed by atoms with Crippen LogP contribution < -0.4 is 5.73 Å². The van der Waals surface area contributed by atoms with E-state index in [2.05, 4.69) is 18.8 Å². The second-order valence-electron chi connectivity index (χ2n) is 4.35. The highest BCUT2D eigenvalue weighted by molar-refractivity contribution is 5.91. The average Bonchev–Trinajstić information content (AvgIpc) is 2.45. The largest absolute Gasteiger partial charge is 0.387 e. The Bertz CT molecular complexity index is 447. The second kappa shape index (κ2) is 3.33. The third-order valence-corrected chi connectivity index (χ3v) is 2.80. The molecule has 1 aromatic carbocycles. The summed E-state index contributed by atoms with van der Waals surface area (Å²) in [6, 6.07) is 1.55. The van der Waals surface area contributed by atoms with Gasteiger partial charge < -0.3 is 5.73 Å². The summed E-state index contributed by atoms with van der Waals surface area (Å²) in [6.45, 7) is 6.15. The molecule has 2 N–H and O–H groups in total. The molecule has 1 aliphatic rings. The predicted molar refractivity (Wildman–Crippen MR) is 60.2 cm³/mol. The number of aryl methyl sites for hydroxylation is 1. The minimum absolute atomic E-state index is 0.257. The van der Waals surface area contributed by atoms with Gasteiger partial charge in [0.2, 0.25) is 0 Å². The first-order valence-electron chi connectivity index (χ1n) is 5.15. The molecule has 0 radical (unpaired) electrons. The highest BCUT2D eigenvalue weighted by Crippen LogP contribution is 2.37. The number of halogens is 1. The Hall–Kier alpha value is -1.38. The first-order valence-corrected chi connectivity index (χ1v) is 5.15. The van der Waals surface area contributed by atoms with E-state index < -0.39 is 0 Å². The lowest BCUT2D eigenvalue weighted by atomic mass is 9.90. The number of rotatable bonds is 1. The maximum Gasteiger partial charge on any atom is 0.149 e. The van der Waals surface area contributed by atoms with Crippen LogP contribution >= 0.6 is 0 Å². The number of benzene rings is 1. The molecule has 1 aliphatic heterocycles. The van der Waals surface area contributed by atoms with Gasteiger partial charge in [0, 0.05) is 6.42 Å². The molecule has 0 aromatic heterocycles. The van der Waals surface area contributed by atoms with Gasteiger partial charge in [-0.1, -0.05) is 13.8 Å². The molecule has 0 aliphatic carbocycles. The average molecular weight is 206 g/mol. The van der Waals surface area contributed by atoms with Gasteiger partial charge in [0.05, 0.1) is 0 Å². The van der Waals surface area contributed by atoms with Crippen molar-refractivity contribution in [1.82, 2.24) is 0 Å². The summed E-state index contributed by atoms with van der Waals surface area (Å²) in [5.74, 6) is 0.629. The van der Waals surface area contributed by atoms with E-state index in [1.54, 1.807) is 6.07 Å². The number of aliphatic imine (C=N–C) groups is 1. The van der Waals surface area contributed by atoms with E-state index in [9.17, 15) is 4.39 Å². The Kier molecular flexibility index (Phi) is 2.25. The van der Waals surface area contributed by atoms with Crippen molar-refractivity contribution in [2.45, 2.75) is 33.1 Å². The summed E-state index contributed by atoms with van der Waals surface area (Å²) in [5.41, 5.74) is 9.26. The molecule has 0 saturated heterocycles. The molecule has 0 spiro atoms. The number of fused-ring (bicyclic) bond motifs is 1. The lowest BCUT2D eigenvalue weighted by Crippen LogP contribution is -2.11. The Balaban J connectivity index is 2.68. The van der Waals surface area contributed by atoms with Crippen LogP contribution in [0.3, 0.4) is 0 Å². The molecule has 2 nitrogen and oxygen atoms in total. The van der Waals surface area contributed by atoms with Crippen molar-refractivity contribution >= 4 is 11.5 Å². The van der Waals surface area contributed by atoms with Crippen molar-refractivity contribution in [3.63, 3.8) is 0 Å². The molecule has 0 amide bonds. The van der Waals surface area contributed by atoms with Crippen LogP contribution in [-0.2, 0) is 6.42 Å². The van der Waals surface area contributed by atoms with Crippen LogP contribution in [0.4, 0.5) is 10.1 Å². The van der Waals surface area contributed by atoms with E-state index in [1.165, 1.54) is 5.56 Å². The topological polar surface area (TPSA) is 38.4 Å². The normalized spacial score (nSPS) is 14.3. The van der Waals surface area contributed by atoms with Gasteiger partial charge in [0.1, 0.15) is 17.3 Å². The van der Waals surface area contributed by atoms with Crippen molar-refractivity contribution < 1.29 is 4.39 Å². The minimum atomic E-state index is -0.257. The fraction of sp³-hybridized carbons (Fsp3) is 0.417. The summed E-state index contributed by atoms with van der Waals surface area (Å²) in [7, 11) is 0. The zero-order valence-corrected chi connectivity index (χ0v) is 9.26. The van der Waals surface area contributed by atoms with Gasteiger partial charge in [-0.3, -0.25) is 0 Å². The van der Waals surface area contributed by atoms with Gasteiger partial charge in [-0.25, -0.2) is 9.38 Å². The summed E-state index contributed by atoms with van der Waals surface area (Å²) in [6.07, 6.45) is 0.585. The Morgan fingerprint density at radius 1 is 1.47 bits per heavy atom. The molecule has 80 valence electrons. The number of hydrogen-bond donors (Lipinski definition) is 1. The van der Waals surface area contributed by atoms with E-state index in [0.717, 1.165) is 11.1 Å². The van der Waals surface area contributed by atoms with Crippen LogP contribution in [0.15, 0.2) is 11.1 Å². The van der Waals surface area contributed by atoms with Crippen LogP contribution in [0.2, 0.25) is 0 Å². The SMILES string of the molecule is Cc1cc(F)c2c(c1C(C)C)CC(N)=N2. The summed E-state index contributed by atoms with van der Waals surface area (Å²) < 4.78 is 13.6. The quantitative estimate of drug-likeness (QED) is 0.753. The lowest BCUT2D eigenvalue weighted by Gasteiger charge is -2.15. The molecule has 1 aromatic rings. The van der Waals surface area contributed by atoms with Crippen LogP contribution in [0.1, 0.15) is 36.5 Å². The smallest absolute Gasteiger partial charge is 0.149 e. The maximum absolute atomic E-state index is 13.6. The van der Waals surface area contributed by atoms with E-state index in [0.29, 0.717) is 23.9 Å². The number of nitrogens with zero attached hydrogens (tertiary/aromatic N) is 1. The third-order valence-electron chi connectivity index (χ3n) is 2.80. The van der Waals surface area contributed by atoms with Crippen LogP contribution in [0.25, 0.3) is 0 Å². The van der Waals surface area contributed by atoms with Gasteiger partial charge in [-0.15, -0.1) is 0 Å². The number of amidine groups is 1. The molecule has 2 rings (SSSR count). The Labute approximate surface area is 89.0 Å². The Morgan fingerprint density at radius 2 is 2.13 bits per heavy atom. The fourth-order valence-electron chi connectivity index (χ4n) is 2.31. The highest BCUT2D eigenvalue weighted by Gasteiger charge is 2.23. The molecule has 1 heterocycles. The molecular formula is C12H15FN2. The molecule has 15 heavy (non-hydrogen) atoms. The van der Waals surface area contributed by atoms with Gasteiger partial charge in [-0.05, 0) is 35.6 Å². The first kappa shape index (κ1) is 10.1. The first-order chi connectivity index (χ1) is 7.00. The molecule has 0 atom stereocenters. The summed E-state index contributed by atoms with van der Waals surface area (Å²) in [5, 5.41) is 0. The monoisotopic (exact) mass is 206 g/mol. The maximum atomic E-state index is 13.6. The van der Waals surface area contributed by atoms with Gasteiger partial charge in [0.15, 0.2) is 0 Å². The van der Waals surface area contributed by atoms with Crippen LogP contribution in [0.5, 0.6) is 0 Å². The van der Waals surface area contributed by atoms with Gasteiger partial charge in [0.25, 0.3) is 0 Å². The van der Waals surface area contributed by atoms with E-state index >= 15 is 0 Å². The molecule has 0 fully saturated rings. The van der Waals surface area contributed by atoms with Crippen LogP contribution in [-0.4, -0.2) is 5.84 Å². The predicted octanol–water partition coefficient (Wildman–Crippen LogP) is 2.80. The fourth-order valence-corrected chi connectivity index (χ4v) is 2.31. The standard InChI is InChI=1S/C12H15FN2/c1-6(2)11-7(3)4-9(13)12-8(11)5-10(14)15-12/h4,6H,5H2,1-3H3,(H2,14,15). The van der Waals surface area contributed by atoms with E-state index in [1.807, 2.05) is 6.92 Å². The van der Waals surface area contributed by atoms with Gasteiger partial charge in [-0.2, -0.15) is 0 Å². The number of nitrogens with two attached hydrogens (primary N) is 1. The summed E-state index contributed by atoms with van der Waals surface area (Å²) in [4.78, 5) is 4.06. The lowest BCUT2D eigenvalue weighted by molar-refractivity contribution is 0.626. The van der Waals surface area contributed by atoms with Crippen molar-refractivity contribution in [3.8, 4) is 0 Å². The molecule has 0 bridgehead atoms. The minimum Gasteiger partial charge on any atom is -0.387 e. The van der Waals surface area contributed by atoms with Crippen molar-refractivity contribution in [3.05, 3.63) is 28.6 Å². The molecule has 0 unspecified atom stereocenters. The third kappa shape index (κ3) is 1.52. The Morgan fingerprint density at radius 3 is 2.73 bits per heavy atom. The summed E-state index contributed by atoms with van der Waals surface area (Å²) >= 11 is 0. The highest BCUT2D eigenvalue weighted by atomic mass is 19.1. The zero-order valence-electron chi connectivity index (χ0n) is 9.26. The number of hydrogen-bond acceptors (Lipinski definition) is 2. The zero-order chi connectivity index (χ0) is 11.2. The molecular weight excluding hydrogens is 191 g/mol. The molecule has 0 saturated carbocycles. The van der Waals surface area contributed by atoms with Crippen LogP contribution in [0, 0.1) is 12.7 Å². The van der Waals surface area contributed by atoms with E-state index in [4.69, 9.17) is 5.73 Å².